The summed E-state index contributed by atoms with van der Waals surface area (Å²) in [5.74, 6) is 0.131. The Bertz CT molecular complexity index is 683. The number of ether oxygens (including phenoxy) is 2. The molecule has 0 bridgehead atoms. The lowest BCUT2D eigenvalue weighted by Gasteiger charge is -2.05. The molecule has 0 aliphatic heterocycles. The molecule has 0 spiro atoms. The summed E-state index contributed by atoms with van der Waals surface area (Å²) in [5, 5.41) is 9.61. The minimum Gasteiger partial charge on any atom is -0.504 e. The van der Waals surface area contributed by atoms with Crippen LogP contribution in [-0.4, -0.2) is 24.8 Å². The Morgan fingerprint density at radius 2 is 1.17 bits per heavy atom. The van der Waals surface area contributed by atoms with Crippen molar-refractivity contribution in [1.82, 2.24) is 0 Å². The van der Waals surface area contributed by atoms with E-state index in [4.69, 9.17) is 9.47 Å². The largest absolute Gasteiger partial charge is 0.504 e. The van der Waals surface area contributed by atoms with E-state index in [1.165, 1.54) is 129 Å². The number of hydrogen-bond donors (Lipinski definition) is 1. The molecule has 1 rings (SSSR count). The first-order valence-corrected chi connectivity index (χ1v) is 14.9. The highest BCUT2D eigenvalue weighted by molar-refractivity contribution is 5.87. The van der Waals surface area contributed by atoms with E-state index in [1.54, 1.807) is 24.3 Å². The van der Waals surface area contributed by atoms with Gasteiger partial charge in [0.15, 0.2) is 11.5 Å². The maximum Gasteiger partial charge on any atom is 0.330 e. The molecule has 0 fully saturated rings. The Kier molecular flexibility index (Phi) is 20.9. The first-order chi connectivity index (χ1) is 17.7. The van der Waals surface area contributed by atoms with Gasteiger partial charge in [0.05, 0.1) is 13.7 Å². The molecular weight excluding hydrogens is 448 g/mol. The zero-order valence-electron chi connectivity index (χ0n) is 23.4. The number of esters is 1. The van der Waals surface area contributed by atoms with E-state index in [2.05, 4.69) is 6.92 Å². The lowest BCUT2D eigenvalue weighted by molar-refractivity contribution is -0.137. The molecule has 0 saturated carbocycles. The van der Waals surface area contributed by atoms with E-state index in [1.807, 2.05) is 0 Å². The number of phenolic OH excluding ortho intramolecular Hbond substituents is 1. The minimum atomic E-state index is -0.333. The molecule has 0 heterocycles. The molecular formula is C32H54O4. The highest BCUT2D eigenvalue weighted by atomic mass is 16.5. The van der Waals surface area contributed by atoms with Gasteiger partial charge in [-0.1, -0.05) is 135 Å². The maximum atomic E-state index is 11.8. The van der Waals surface area contributed by atoms with Gasteiger partial charge in [-0.05, 0) is 30.2 Å². The van der Waals surface area contributed by atoms with Crippen molar-refractivity contribution >= 4 is 12.0 Å². The first-order valence-electron chi connectivity index (χ1n) is 14.9. The molecule has 1 N–H and O–H groups in total. The summed E-state index contributed by atoms with van der Waals surface area (Å²) in [7, 11) is 1.50. The van der Waals surface area contributed by atoms with Crippen LogP contribution in [0.4, 0.5) is 0 Å². The molecule has 0 aliphatic carbocycles. The predicted molar refractivity (Wildman–Crippen MR) is 153 cm³/mol. The molecule has 1 aromatic rings. The number of hydrogen-bond acceptors (Lipinski definition) is 4. The summed E-state index contributed by atoms with van der Waals surface area (Å²) < 4.78 is 10.3. The van der Waals surface area contributed by atoms with Crippen molar-refractivity contribution in [2.75, 3.05) is 13.7 Å². The number of rotatable bonds is 24. The molecule has 0 atom stereocenters. The molecule has 0 aliphatic rings. The molecule has 0 radical (unpaired) electrons. The predicted octanol–water partition coefficient (Wildman–Crippen LogP) is 9.78. The molecule has 4 heteroatoms. The second kappa shape index (κ2) is 23.4. The summed E-state index contributed by atoms with van der Waals surface area (Å²) in [6.07, 6.45) is 30.3. The average Bonchev–Trinajstić information content (AvgIpc) is 2.89. The van der Waals surface area contributed by atoms with Gasteiger partial charge in [0.1, 0.15) is 0 Å². The Labute approximate surface area is 221 Å². The van der Waals surface area contributed by atoms with Crippen LogP contribution in [0.25, 0.3) is 6.08 Å². The lowest BCUT2D eigenvalue weighted by atomic mass is 10.0. The van der Waals surface area contributed by atoms with Gasteiger partial charge < -0.3 is 14.6 Å². The number of aromatic hydroxyl groups is 1. The highest BCUT2D eigenvalue weighted by Crippen LogP contribution is 2.26. The van der Waals surface area contributed by atoms with E-state index >= 15 is 0 Å². The summed E-state index contributed by atoms with van der Waals surface area (Å²) in [6.45, 7) is 2.76. The normalized spacial score (nSPS) is 11.3. The van der Waals surface area contributed by atoms with E-state index in [0.29, 0.717) is 12.4 Å². The van der Waals surface area contributed by atoms with Crippen LogP contribution in [0.2, 0.25) is 0 Å². The van der Waals surface area contributed by atoms with E-state index in [9.17, 15) is 9.90 Å². The third kappa shape index (κ3) is 18.3. The van der Waals surface area contributed by atoms with Crippen LogP contribution in [0.5, 0.6) is 11.5 Å². The van der Waals surface area contributed by atoms with Crippen LogP contribution < -0.4 is 4.74 Å². The van der Waals surface area contributed by atoms with Gasteiger partial charge in [0, 0.05) is 6.08 Å². The second-order valence-electron chi connectivity index (χ2n) is 10.1. The quantitative estimate of drug-likeness (QED) is 0.0868. The number of carbonyl (C=O) groups excluding carboxylic acids is 1. The van der Waals surface area contributed by atoms with Crippen molar-refractivity contribution in [3.05, 3.63) is 29.8 Å². The molecule has 0 unspecified atom stereocenters. The van der Waals surface area contributed by atoms with Crippen molar-refractivity contribution in [2.45, 2.75) is 135 Å². The number of unbranched alkanes of at least 4 members (excludes halogenated alkanes) is 19. The summed E-state index contributed by atoms with van der Waals surface area (Å²) in [5.41, 5.74) is 0.778. The highest BCUT2D eigenvalue weighted by Gasteiger charge is 2.02. The fourth-order valence-electron chi connectivity index (χ4n) is 4.54. The monoisotopic (exact) mass is 502 g/mol. The SMILES string of the molecule is CCCCCCCCCCCCCCCCCCCCCCOC(=O)C=Cc1ccc(O)c(OC)c1. The van der Waals surface area contributed by atoms with Gasteiger partial charge in [0.2, 0.25) is 0 Å². The van der Waals surface area contributed by atoms with Crippen LogP contribution in [0.1, 0.15) is 141 Å². The van der Waals surface area contributed by atoms with Crippen molar-refractivity contribution < 1.29 is 19.4 Å². The Morgan fingerprint density at radius 1 is 0.722 bits per heavy atom. The molecule has 0 amide bonds. The molecule has 206 valence electrons. The number of phenols is 1. The molecule has 0 saturated heterocycles. The lowest BCUT2D eigenvalue weighted by Crippen LogP contribution is -2.02. The third-order valence-corrected chi connectivity index (χ3v) is 6.86. The van der Waals surface area contributed by atoms with E-state index < -0.39 is 0 Å². The van der Waals surface area contributed by atoms with E-state index in [0.717, 1.165) is 18.4 Å². The average molecular weight is 503 g/mol. The van der Waals surface area contributed by atoms with Crippen molar-refractivity contribution in [1.29, 1.82) is 0 Å². The van der Waals surface area contributed by atoms with Crippen LogP contribution in [-0.2, 0) is 9.53 Å². The number of benzene rings is 1. The van der Waals surface area contributed by atoms with Gasteiger partial charge in [0.25, 0.3) is 0 Å². The Morgan fingerprint density at radius 3 is 1.61 bits per heavy atom. The zero-order valence-corrected chi connectivity index (χ0v) is 23.4. The van der Waals surface area contributed by atoms with Crippen LogP contribution in [0.15, 0.2) is 24.3 Å². The van der Waals surface area contributed by atoms with Gasteiger partial charge in [-0.3, -0.25) is 0 Å². The summed E-state index contributed by atoms with van der Waals surface area (Å²) >= 11 is 0. The van der Waals surface area contributed by atoms with Crippen molar-refractivity contribution in [3.63, 3.8) is 0 Å². The topological polar surface area (TPSA) is 55.8 Å². The Balaban J connectivity index is 1.82. The fourth-order valence-corrected chi connectivity index (χ4v) is 4.54. The summed E-state index contributed by atoms with van der Waals surface area (Å²) in [4.78, 5) is 11.8. The van der Waals surface area contributed by atoms with Gasteiger partial charge in [-0.15, -0.1) is 0 Å². The van der Waals surface area contributed by atoms with Crippen LogP contribution in [0, 0.1) is 0 Å². The maximum absolute atomic E-state index is 11.8. The standard InChI is InChI=1S/C32H54O4/c1-3-4-5-6-7-8-9-10-11-12-13-14-15-16-17-18-19-20-21-22-27-36-32(34)26-24-29-23-25-30(33)31(28-29)35-2/h23-26,28,33H,3-22,27H2,1-2H3. The van der Waals surface area contributed by atoms with Crippen LogP contribution in [0.3, 0.4) is 0 Å². The smallest absolute Gasteiger partial charge is 0.330 e. The van der Waals surface area contributed by atoms with Gasteiger partial charge in [-0.2, -0.15) is 0 Å². The molecule has 4 nitrogen and oxygen atoms in total. The van der Waals surface area contributed by atoms with Crippen molar-refractivity contribution in [2.24, 2.45) is 0 Å². The number of carbonyl (C=O) groups is 1. The zero-order chi connectivity index (χ0) is 26.1. The third-order valence-electron chi connectivity index (χ3n) is 6.86. The molecule has 36 heavy (non-hydrogen) atoms. The van der Waals surface area contributed by atoms with Crippen molar-refractivity contribution in [3.8, 4) is 11.5 Å². The van der Waals surface area contributed by atoms with Gasteiger partial charge >= 0.3 is 5.97 Å². The Hall–Kier alpha value is -1.97. The van der Waals surface area contributed by atoms with Crippen LogP contribution >= 0.6 is 0 Å². The number of methoxy groups -OCH3 is 1. The fraction of sp³-hybridized carbons (Fsp3) is 0.719. The van der Waals surface area contributed by atoms with E-state index in [-0.39, 0.29) is 11.7 Å². The first kappa shape index (κ1) is 32.1. The summed E-state index contributed by atoms with van der Waals surface area (Å²) in [6, 6.07) is 4.95. The molecule has 0 aromatic heterocycles. The molecule has 1 aromatic carbocycles. The van der Waals surface area contributed by atoms with Gasteiger partial charge in [-0.25, -0.2) is 4.79 Å². The second-order valence-corrected chi connectivity index (χ2v) is 10.1. The minimum absolute atomic E-state index is 0.0804.